The van der Waals surface area contributed by atoms with Gasteiger partial charge in [0.15, 0.2) is 0 Å². The largest absolute Gasteiger partial charge is 0.315 e. The van der Waals surface area contributed by atoms with Crippen LogP contribution in [-0.4, -0.2) is 4.57 Å². The molecule has 0 amide bonds. The molecule has 0 saturated heterocycles. The quantitative estimate of drug-likeness (QED) is 0.690. The van der Waals surface area contributed by atoms with Crippen LogP contribution in [0.3, 0.4) is 0 Å². The molecular formula is C18H17NO. The minimum atomic E-state index is 0.0807. The normalized spacial score (nSPS) is 10.9. The highest BCUT2D eigenvalue weighted by atomic mass is 16.1. The van der Waals surface area contributed by atoms with Crippen molar-refractivity contribution in [1.82, 2.24) is 4.57 Å². The number of pyridine rings is 1. The molecule has 2 nitrogen and oxygen atoms in total. The van der Waals surface area contributed by atoms with E-state index >= 15 is 0 Å². The van der Waals surface area contributed by atoms with Crippen molar-refractivity contribution in [3.8, 4) is 11.1 Å². The van der Waals surface area contributed by atoms with Gasteiger partial charge in [0.25, 0.3) is 5.56 Å². The summed E-state index contributed by atoms with van der Waals surface area (Å²) in [5.74, 6) is 0. The number of fused-ring (bicyclic) bond motifs is 1. The summed E-state index contributed by atoms with van der Waals surface area (Å²) in [5, 5.41) is 1.82. The molecule has 0 fully saturated rings. The molecule has 3 rings (SSSR count). The van der Waals surface area contributed by atoms with E-state index in [2.05, 4.69) is 19.1 Å². The van der Waals surface area contributed by atoms with Gasteiger partial charge < -0.3 is 4.57 Å². The standard InChI is InChI=1S/C18H17NO/c1-3-16-17(13-9-5-4-6-10-13)14-11-7-8-12-15(14)18(20)19(16)2/h4-12H,3H2,1-2H3. The van der Waals surface area contributed by atoms with Crippen LogP contribution in [0.5, 0.6) is 0 Å². The number of rotatable bonds is 2. The second kappa shape index (κ2) is 4.97. The molecule has 0 spiro atoms. The van der Waals surface area contributed by atoms with E-state index in [4.69, 9.17) is 0 Å². The van der Waals surface area contributed by atoms with E-state index in [1.807, 2.05) is 49.5 Å². The van der Waals surface area contributed by atoms with Crippen molar-refractivity contribution >= 4 is 10.8 Å². The Balaban J connectivity index is 2.52. The SMILES string of the molecule is CCc1c(-c2ccccc2)c2ccccc2c(=O)n1C. The molecule has 3 aromatic rings. The fourth-order valence-electron chi connectivity index (χ4n) is 2.85. The fourth-order valence-corrected chi connectivity index (χ4v) is 2.85. The first-order valence-corrected chi connectivity index (χ1v) is 6.90. The lowest BCUT2D eigenvalue weighted by molar-refractivity contribution is 0.795. The lowest BCUT2D eigenvalue weighted by Crippen LogP contribution is -2.21. The van der Waals surface area contributed by atoms with Gasteiger partial charge in [-0.3, -0.25) is 4.79 Å². The van der Waals surface area contributed by atoms with Gasteiger partial charge in [0.05, 0.1) is 0 Å². The molecule has 20 heavy (non-hydrogen) atoms. The lowest BCUT2D eigenvalue weighted by Gasteiger charge is -2.16. The van der Waals surface area contributed by atoms with E-state index in [1.165, 1.54) is 5.56 Å². The van der Waals surface area contributed by atoms with Crippen molar-refractivity contribution in [3.05, 3.63) is 70.6 Å². The number of aromatic nitrogens is 1. The summed E-state index contributed by atoms with van der Waals surface area (Å²) in [7, 11) is 1.86. The van der Waals surface area contributed by atoms with E-state index in [1.54, 1.807) is 4.57 Å². The van der Waals surface area contributed by atoms with Crippen LogP contribution in [0.15, 0.2) is 59.4 Å². The Labute approximate surface area is 118 Å². The fraction of sp³-hybridized carbons (Fsp3) is 0.167. The van der Waals surface area contributed by atoms with Gasteiger partial charge in [-0.25, -0.2) is 0 Å². The maximum atomic E-state index is 12.5. The van der Waals surface area contributed by atoms with Crippen LogP contribution in [0.25, 0.3) is 21.9 Å². The van der Waals surface area contributed by atoms with Gasteiger partial charge in [0.2, 0.25) is 0 Å². The van der Waals surface area contributed by atoms with Crippen LogP contribution < -0.4 is 5.56 Å². The molecule has 2 heteroatoms. The van der Waals surface area contributed by atoms with Crippen molar-refractivity contribution in [3.63, 3.8) is 0 Å². The van der Waals surface area contributed by atoms with Gasteiger partial charge in [-0.05, 0) is 23.4 Å². The van der Waals surface area contributed by atoms with Crippen molar-refractivity contribution in [2.24, 2.45) is 7.05 Å². The van der Waals surface area contributed by atoms with Gasteiger partial charge >= 0.3 is 0 Å². The maximum Gasteiger partial charge on any atom is 0.258 e. The summed E-state index contributed by atoms with van der Waals surface area (Å²) in [5.41, 5.74) is 3.50. The van der Waals surface area contributed by atoms with E-state index < -0.39 is 0 Å². The molecular weight excluding hydrogens is 246 g/mol. The summed E-state index contributed by atoms with van der Waals surface area (Å²) in [4.78, 5) is 12.5. The average Bonchev–Trinajstić information content (AvgIpc) is 2.51. The molecule has 0 aliphatic heterocycles. The summed E-state index contributed by atoms with van der Waals surface area (Å²) in [6.45, 7) is 2.09. The summed E-state index contributed by atoms with van der Waals surface area (Å²) in [6, 6.07) is 18.2. The smallest absolute Gasteiger partial charge is 0.258 e. The highest BCUT2D eigenvalue weighted by molar-refractivity contribution is 5.97. The molecule has 2 aromatic carbocycles. The van der Waals surface area contributed by atoms with Crippen LogP contribution in [0.4, 0.5) is 0 Å². The monoisotopic (exact) mass is 263 g/mol. The minimum absolute atomic E-state index is 0.0807. The molecule has 1 heterocycles. The summed E-state index contributed by atoms with van der Waals surface area (Å²) >= 11 is 0. The van der Waals surface area contributed by atoms with Crippen LogP contribution >= 0.6 is 0 Å². The molecule has 0 bridgehead atoms. The second-order valence-corrected chi connectivity index (χ2v) is 4.95. The first-order chi connectivity index (χ1) is 9.74. The van der Waals surface area contributed by atoms with Crippen molar-refractivity contribution < 1.29 is 0 Å². The molecule has 0 aliphatic rings. The van der Waals surface area contributed by atoms with E-state index in [-0.39, 0.29) is 5.56 Å². The number of nitrogens with zero attached hydrogens (tertiary/aromatic N) is 1. The number of benzene rings is 2. The lowest BCUT2D eigenvalue weighted by atomic mass is 9.96. The van der Waals surface area contributed by atoms with E-state index in [0.717, 1.165) is 28.5 Å². The first-order valence-electron chi connectivity index (χ1n) is 6.90. The van der Waals surface area contributed by atoms with Crippen LogP contribution in [-0.2, 0) is 13.5 Å². The van der Waals surface area contributed by atoms with Crippen LogP contribution in [0, 0.1) is 0 Å². The van der Waals surface area contributed by atoms with Crippen molar-refractivity contribution in [1.29, 1.82) is 0 Å². The Kier molecular flexibility index (Phi) is 3.15. The Morgan fingerprint density at radius 2 is 1.50 bits per heavy atom. The van der Waals surface area contributed by atoms with Gasteiger partial charge in [-0.1, -0.05) is 55.5 Å². The average molecular weight is 263 g/mol. The second-order valence-electron chi connectivity index (χ2n) is 4.95. The zero-order valence-corrected chi connectivity index (χ0v) is 11.8. The van der Waals surface area contributed by atoms with Gasteiger partial charge in [0.1, 0.15) is 0 Å². The van der Waals surface area contributed by atoms with Crippen molar-refractivity contribution in [2.45, 2.75) is 13.3 Å². The predicted octanol–water partition coefficient (Wildman–Crippen LogP) is 3.77. The third-order valence-electron chi connectivity index (χ3n) is 3.82. The Bertz CT molecular complexity index is 816. The predicted molar refractivity (Wildman–Crippen MR) is 84.0 cm³/mol. The molecule has 0 unspecified atom stereocenters. The number of hydrogen-bond donors (Lipinski definition) is 0. The minimum Gasteiger partial charge on any atom is -0.315 e. The van der Waals surface area contributed by atoms with Crippen LogP contribution in [0.1, 0.15) is 12.6 Å². The Hall–Kier alpha value is -2.35. The molecule has 1 aromatic heterocycles. The van der Waals surface area contributed by atoms with Crippen molar-refractivity contribution in [2.75, 3.05) is 0 Å². The highest BCUT2D eigenvalue weighted by Crippen LogP contribution is 2.30. The van der Waals surface area contributed by atoms with Gasteiger partial charge in [-0.2, -0.15) is 0 Å². The Morgan fingerprint density at radius 1 is 0.900 bits per heavy atom. The van der Waals surface area contributed by atoms with Crippen LogP contribution in [0.2, 0.25) is 0 Å². The van der Waals surface area contributed by atoms with Gasteiger partial charge in [-0.15, -0.1) is 0 Å². The molecule has 0 N–H and O–H groups in total. The zero-order chi connectivity index (χ0) is 14.1. The Morgan fingerprint density at radius 3 is 2.15 bits per heavy atom. The summed E-state index contributed by atoms with van der Waals surface area (Å²) < 4.78 is 1.78. The first kappa shape index (κ1) is 12.7. The molecule has 0 aliphatic carbocycles. The third-order valence-corrected chi connectivity index (χ3v) is 3.82. The third kappa shape index (κ3) is 1.85. The zero-order valence-electron chi connectivity index (χ0n) is 11.8. The maximum absolute atomic E-state index is 12.5. The van der Waals surface area contributed by atoms with E-state index in [9.17, 15) is 4.79 Å². The topological polar surface area (TPSA) is 22.0 Å². The molecule has 100 valence electrons. The summed E-state index contributed by atoms with van der Waals surface area (Å²) in [6.07, 6.45) is 0.834. The highest BCUT2D eigenvalue weighted by Gasteiger charge is 2.14. The molecule has 0 radical (unpaired) electrons. The number of hydrogen-bond acceptors (Lipinski definition) is 1. The van der Waals surface area contributed by atoms with Gasteiger partial charge in [0, 0.05) is 23.7 Å². The van der Waals surface area contributed by atoms with E-state index in [0.29, 0.717) is 0 Å². The molecule has 0 atom stereocenters. The molecule has 0 saturated carbocycles.